The van der Waals surface area contributed by atoms with Gasteiger partial charge in [0, 0.05) is 24.4 Å². The highest BCUT2D eigenvalue weighted by atomic mass is 16.5. The molecule has 4 aromatic rings. The lowest BCUT2D eigenvalue weighted by atomic mass is 9.89. The minimum Gasteiger partial charge on any atom is -0.457 e. The number of nitrogens with one attached hydrogen (secondary N) is 1. The summed E-state index contributed by atoms with van der Waals surface area (Å²) in [6.07, 6.45) is 6.91. The van der Waals surface area contributed by atoms with Crippen LogP contribution in [0.5, 0.6) is 11.5 Å². The number of hydrogen-bond donors (Lipinski definition) is 2. The Balaban J connectivity index is 1.60. The molecule has 1 saturated heterocycles. The topological polar surface area (TPSA) is 94.5 Å². The molecule has 1 atom stereocenters. The number of carbonyl (C=O) groups is 1. The van der Waals surface area contributed by atoms with Crippen LogP contribution < -0.4 is 15.8 Å². The van der Waals surface area contributed by atoms with Crippen molar-refractivity contribution in [2.75, 3.05) is 12.3 Å². The normalized spacial score (nSPS) is 17.8. The first-order valence-corrected chi connectivity index (χ1v) is 11.0. The van der Waals surface area contributed by atoms with Crippen LogP contribution in [-0.4, -0.2) is 26.7 Å². The van der Waals surface area contributed by atoms with E-state index >= 15 is 0 Å². The minimum atomic E-state index is -0.875. The number of para-hydroxylation sites is 1. The summed E-state index contributed by atoms with van der Waals surface area (Å²) in [6.45, 7) is 4.50. The summed E-state index contributed by atoms with van der Waals surface area (Å²) in [6, 6.07) is 17.3. The summed E-state index contributed by atoms with van der Waals surface area (Å²) in [5.74, 6) is 2.53. The summed E-state index contributed by atoms with van der Waals surface area (Å²) < 4.78 is 7.81. The highest BCUT2D eigenvalue weighted by molar-refractivity contribution is 5.92. The molecule has 5 rings (SSSR count). The van der Waals surface area contributed by atoms with Crippen LogP contribution in [0.3, 0.4) is 0 Å². The van der Waals surface area contributed by atoms with Gasteiger partial charge < -0.3 is 10.5 Å². The molecule has 0 aliphatic carbocycles. The van der Waals surface area contributed by atoms with Gasteiger partial charge >= 0.3 is 0 Å². The minimum absolute atomic E-state index is 0.0513. The predicted octanol–water partition coefficient (Wildman–Crippen LogP) is 4.49. The second kappa shape index (κ2) is 8.52. The van der Waals surface area contributed by atoms with E-state index in [0.29, 0.717) is 29.3 Å². The van der Waals surface area contributed by atoms with Gasteiger partial charge in [-0.2, -0.15) is 0 Å². The van der Waals surface area contributed by atoms with Gasteiger partial charge in [0.2, 0.25) is 0 Å². The maximum absolute atomic E-state index is 13.2. The van der Waals surface area contributed by atoms with Crippen molar-refractivity contribution in [2.45, 2.75) is 24.8 Å². The average Bonchev–Trinajstić information content (AvgIpc) is 3.47. The van der Waals surface area contributed by atoms with Gasteiger partial charge in [0.25, 0.3) is 0 Å². The van der Waals surface area contributed by atoms with Gasteiger partial charge in [0.05, 0.1) is 0 Å². The Morgan fingerprint density at radius 1 is 1.18 bits per heavy atom. The number of benzene rings is 2. The number of nitrogen functional groups attached to an aromatic ring is 1. The Bertz CT molecular complexity index is 1310. The first-order valence-electron chi connectivity index (χ1n) is 11.0. The molecule has 3 heterocycles. The molecule has 0 radical (unpaired) electrons. The maximum atomic E-state index is 13.2. The van der Waals surface area contributed by atoms with Gasteiger partial charge in [-0.25, -0.2) is 9.97 Å². The van der Waals surface area contributed by atoms with Gasteiger partial charge in [-0.15, -0.1) is 6.58 Å². The lowest BCUT2D eigenvalue weighted by molar-refractivity contribution is -0.124. The molecule has 0 bridgehead atoms. The molecule has 7 nitrogen and oxygen atoms in total. The number of nitrogens with two attached hydrogens (primary N) is 1. The fourth-order valence-corrected chi connectivity index (χ4v) is 4.47. The Hall–Kier alpha value is -3.97. The van der Waals surface area contributed by atoms with Crippen LogP contribution in [0, 0.1) is 0 Å². The molecule has 1 fully saturated rings. The summed E-state index contributed by atoms with van der Waals surface area (Å²) >= 11 is 0. The molecule has 0 amide bonds. The molecule has 7 heteroatoms. The van der Waals surface area contributed by atoms with Crippen LogP contribution in [0.25, 0.3) is 16.8 Å². The number of fused-ring (bicyclic) bond motifs is 1. The van der Waals surface area contributed by atoms with Crippen LogP contribution in [0.15, 0.2) is 79.6 Å². The fourth-order valence-electron chi connectivity index (χ4n) is 4.47. The second-order valence-electron chi connectivity index (χ2n) is 8.11. The van der Waals surface area contributed by atoms with Crippen LogP contribution in [0.2, 0.25) is 0 Å². The number of ether oxygens (including phenoxy) is 1. The quantitative estimate of drug-likeness (QED) is 0.412. The summed E-state index contributed by atoms with van der Waals surface area (Å²) in [7, 11) is 0. The molecule has 0 spiro atoms. The van der Waals surface area contributed by atoms with E-state index in [1.54, 1.807) is 12.3 Å². The van der Waals surface area contributed by atoms with E-state index in [0.717, 1.165) is 30.0 Å². The number of hydrogen-bond acceptors (Lipinski definition) is 6. The van der Waals surface area contributed by atoms with Crippen molar-refractivity contribution < 1.29 is 9.53 Å². The number of imidazole rings is 1. The number of Topliss-reactive ketones (excluding diaryl/α,β-unsaturated/α-hetero) is 1. The highest BCUT2D eigenvalue weighted by Gasteiger charge is 2.45. The molecule has 33 heavy (non-hydrogen) atoms. The van der Waals surface area contributed by atoms with E-state index in [2.05, 4.69) is 16.9 Å². The monoisotopic (exact) mass is 439 g/mol. The highest BCUT2D eigenvalue weighted by Crippen LogP contribution is 2.37. The van der Waals surface area contributed by atoms with Crippen LogP contribution in [0.1, 0.15) is 25.1 Å². The number of ketones is 1. The van der Waals surface area contributed by atoms with Gasteiger partial charge in [-0.3, -0.25) is 14.5 Å². The third kappa shape index (κ3) is 3.66. The predicted molar refractivity (Wildman–Crippen MR) is 128 cm³/mol. The van der Waals surface area contributed by atoms with Crippen LogP contribution in [-0.2, 0) is 10.3 Å². The number of aromatic nitrogens is 3. The molecule has 2 aromatic carbocycles. The molecule has 1 aliphatic rings. The Labute approximate surface area is 191 Å². The zero-order valence-electron chi connectivity index (χ0n) is 18.2. The Morgan fingerprint density at radius 2 is 1.94 bits per heavy atom. The van der Waals surface area contributed by atoms with Gasteiger partial charge in [-0.1, -0.05) is 24.3 Å². The third-order valence-corrected chi connectivity index (χ3v) is 6.03. The molecule has 3 N–H and O–H groups in total. The SMILES string of the molecule is C=CCC(=O)C1(c2nc(-c3ccc(Oc4ccccc4)cc3)c3c(N)nccn23)CCCN1. The molecule has 166 valence electrons. The maximum Gasteiger partial charge on any atom is 0.164 e. The van der Waals surface area contributed by atoms with Gasteiger partial charge in [0.15, 0.2) is 5.78 Å². The summed E-state index contributed by atoms with van der Waals surface area (Å²) in [4.78, 5) is 22.5. The third-order valence-electron chi connectivity index (χ3n) is 6.03. The summed E-state index contributed by atoms with van der Waals surface area (Å²) in [5.41, 5.74) is 7.65. The number of nitrogens with zero attached hydrogens (tertiary/aromatic N) is 3. The lowest BCUT2D eigenvalue weighted by Gasteiger charge is -2.26. The van der Waals surface area contributed by atoms with Crippen molar-refractivity contribution in [1.82, 2.24) is 19.7 Å². The standard InChI is InChI=1S/C26H25N5O2/c1-2-7-21(32)26(14-6-15-29-26)25-30-22(23-24(27)28-16-17-31(23)25)18-10-12-20(13-11-18)33-19-8-4-3-5-9-19/h2-5,8-13,16-17,29H,1,6-7,14-15H2,(H2,27,28). The second-order valence-corrected chi connectivity index (χ2v) is 8.11. The van der Waals surface area contributed by atoms with Crippen molar-refractivity contribution in [1.29, 1.82) is 0 Å². The van der Waals surface area contributed by atoms with Crippen molar-refractivity contribution in [3.05, 3.63) is 85.5 Å². The number of anilines is 1. The number of carbonyl (C=O) groups excluding carboxylic acids is 1. The van der Waals surface area contributed by atoms with E-state index in [1.807, 2.05) is 65.2 Å². The zero-order chi connectivity index (χ0) is 22.8. The van der Waals surface area contributed by atoms with E-state index in [1.165, 1.54) is 0 Å². The van der Waals surface area contributed by atoms with E-state index < -0.39 is 5.54 Å². The van der Waals surface area contributed by atoms with Crippen LogP contribution >= 0.6 is 0 Å². The average molecular weight is 440 g/mol. The van der Waals surface area contributed by atoms with Gasteiger partial charge in [-0.05, 0) is 55.8 Å². The van der Waals surface area contributed by atoms with Crippen LogP contribution in [0.4, 0.5) is 5.82 Å². The van der Waals surface area contributed by atoms with Crippen molar-refractivity contribution in [3.63, 3.8) is 0 Å². The zero-order valence-corrected chi connectivity index (χ0v) is 18.2. The van der Waals surface area contributed by atoms with Crippen molar-refractivity contribution in [3.8, 4) is 22.8 Å². The molecular weight excluding hydrogens is 414 g/mol. The number of allylic oxidation sites excluding steroid dienone is 1. The lowest BCUT2D eigenvalue weighted by Crippen LogP contribution is -2.46. The Kier molecular flexibility index (Phi) is 5.40. The van der Waals surface area contributed by atoms with E-state index in [-0.39, 0.29) is 12.2 Å². The first kappa shape index (κ1) is 20.9. The smallest absolute Gasteiger partial charge is 0.164 e. The molecular formula is C26H25N5O2. The number of rotatable bonds is 7. The summed E-state index contributed by atoms with van der Waals surface area (Å²) in [5, 5.41) is 3.42. The van der Waals surface area contributed by atoms with Gasteiger partial charge in [0.1, 0.15) is 39.9 Å². The molecule has 0 saturated carbocycles. The fraction of sp³-hybridized carbons (Fsp3) is 0.192. The van der Waals surface area contributed by atoms with Crippen molar-refractivity contribution >= 4 is 17.1 Å². The Morgan fingerprint density at radius 3 is 2.64 bits per heavy atom. The molecule has 2 aromatic heterocycles. The first-order chi connectivity index (χ1) is 16.1. The van der Waals surface area contributed by atoms with Crippen molar-refractivity contribution in [2.24, 2.45) is 0 Å². The van der Waals surface area contributed by atoms with E-state index in [4.69, 9.17) is 15.5 Å². The van der Waals surface area contributed by atoms with E-state index in [9.17, 15) is 4.79 Å². The largest absolute Gasteiger partial charge is 0.457 e. The molecule has 1 aliphatic heterocycles. The molecule has 1 unspecified atom stereocenters.